The molecule has 35 heavy (non-hydrogen) atoms. The van der Waals surface area contributed by atoms with Crippen molar-refractivity contribution in [3.05, 3.63) is 82.6 Å². The lowest BCUT2D eigenvalue weighted by molar-refractivity contribution is 0.0692. The first-order valence-corrected chi connectivity index (χ1v) is 11.4. The topological polar surface area (TPSA) is 91.7 Å². The molecule has 0 amide bonds. The molecule has 0 aliphatic rings. The number of halogens is 3. The number of hydrogen-bond donors (Lipinski definition) is 3. The van der Waals surface area contributed by atoms with Gasteiger partial charge in [-0.05, 0) is 54.7 Å². The van der Waals surface area contributed by atoms with Crippen LogP contribution in [-0.4, -0.2) is 40.4 Å². The molecule has 0 saturated heterocycles. The number of carboxylic acids is 1. The summed E-state index contributed by atoms with van der Waals surface area (Å²) in [5.74, 6) is -0.611. The molecule has 0 spiro atoms. The number of aromatic nitrogens is 1. The largest absolute Gasteiger partial charge is 0.493 e. The summed E-state index contributed by atoms with van der Waals surface area (Å²) in [5.41, 5.74) is 3.94. The number of hydrogen-bond acceptors (Lipinski definition) is 5. The van der Waals surface area contributed by atoms with Crippen LogP contribution in [0.5, 0.6) is 5.75 Å². The Kier molecular flexibility index (Phi) is 13.1. The fourth-order valence-electron chi connectivity index (χ4n) is 3.48. The maximum absolute atomic E-state index is 11.5. The van der Waals surface area contributed by atoms with Crippen LogP contribution < -0.4 is 10.1 Å². The lowest BCUT2D eigenvalue weighted by atomic mass is 9.99. The molecule has 0 radical (unpaired) electrons. The van der Waals surface area contributed by atoms with Crippen molar-refractivity contribution in [2.45, 2.75) is 38.8 Å². The predicted octanol–water partition coefficient (Wildman–Crippen LogP) is 5.99. The summed E-state index contributed by atoms with van der Waals surface area (Å²) in [4.78, 5) is 15.5. The molecule has 2 atom stereocenters. The molecular weight excluding hydrogens is 511 g/mol. The third-order valence-electron chi connectivity index (χ3n) is 5.30. The molecule has 0 fully saturated rings. The van der Waals surface area contributed by atoms with Crippen LogP contribution in [0.4, 0.5) is 0 Å². The first-order chi connectivity index (χ1) is 15.9. The summed E-state index contributed by atoms with van der Waals surface area (Å²) in [6, 6.07) is 16.9. The van der Waals surface area contributed by atoms with Gasteiger partial charge in [-0.15, -0.1) is 24.8 Å². The maximum Gasteiger partial charge on any atom is 0.339 e. The Hall–Kier alpha value is -2.35. The molecular formula is C26H31Cl3N2O4. The summed E-state index contributed by atoms with van der Waals surface area (Å²) < 4.78 is 5.65. The zero-order valence-electron chi connectivity index (χ0n) is 19.6. The summed E-state index contributed by atoms with van der Waals surface area (Å²) >= 11 is 5.79. The van der Waals surface area contributed by atoms with E-state index in [1.807, 2.05) is 19.1 Å². The summed E-state index contributed by atoms with van der Waals surface area (Å²) in [6.07, 6.45) is 2.53. The smallest absolute Gasteiger partial charge is 0.339 e. The molecule has 0 bridgehead atoms. The van der Waals surface area contributed by atoms with Gasteiger partial charge in [0.1, 0.15) is 16.5 Å². The van der Waals surface area contributed by atoms with Crippen molar-refractivity contribution in [1.82, 2.24) is 10.3 Å². The van der Waals surface area contributed by atoms with Crippen LogP contribution in [0, 0.1) is 0 Å². The molecule has 3 rings (SSSR count). The van der Waals surface area contributed by atoms with Crippen molar-refractivity contribution in [3.63, 3.8) is 0 Å². The van der Waals surface area contributed by atoms with Crippen molar-refractivity contribution < 1.29 is 19.7 Å². The molecule has 1 aromatic heterocycles. The van der Waals surface area contributed by atoms with Crippen LogP contribution in [0.2, 0.25) is 5.15 Å². The molecule has 3 aromatic rings. The van der Waals surface area contributed by atoms with Crippen LogP contribution >= 0.6 is 36.4 Å². The first-order valence-electron chi connectivity index (χ1n) is 11.0. The van der Waals surface area contributed by atoms with Crippen LogP contribution in [0.25, 0.3) is 11.1 Å². The normalized spacial score (nSPS) is 12.1. The Morgan fingerprint density at radius 1 is 1.09 bits per heavy atom. The zero-order chi connectivity index (χ0) is 23.8. The van der Waals surface area contributed by atoms with Gasteiger partial charge < -0.3 is 20.3 Å². The van der Waals surface area contributed by atoms with Crippen molar-refractivity contribution in [3.8, 4) is 16.9 Å². The molecule has 0 unspecified atom stereocenters. The van der Waals surface area contributed by atoms with Crippen molar-refractivity contribution in [2.24, 2.45) is 0 Å². The third-order valence-corrected chi connectivity index (χ3v) is 5.52. The number of ether oxygens (including phenoxy) is 1. The number of aromatic carboxylic acids is 1. The highest BCUT2D eigenvalue weighted by Gasteiger charge is 2.14. The number of aliphatic hydroxyl groups is 1. The van der Waals surface area contributed by atoms with Crippen LogP contribution in [0.3, 0.4) is 0 Å². The van der Waals surface area contributed by atoms with E-state index in [2.05, 4.69) is 29.4 Å². The molecule has 0 aliphatic carbocycles. The Balaban J connectivity index is 0.00000306. The van der Waals surface area contributed by atoms with Gasteiger partial charge in [0, 0.05) is 24.3 Å². The van der Waals surface area contributed by atoms with Crippen molar-refractivity contribution in [1.29, 1.82) is 0 Å². The fourth-order valence-corrected chi connectivity index (χ4v) is 3.60. The number of benzene rings is 2. The monoisotopic (exact) mass is 540 g/mol. The highest BCUT2D eigenvalue weighted by atomic mass is 35.5. The van der Waals surface area contributed by atoms with Gasteiger partial charge in [0.25, 0.3) is 0 Å². The van der Waals surface area contributed by atoms with E-state index in [1.165, 1.54) is 0 Å². The minimum absolute atomic E-state index is 0. The quantitative estimate of drug-likeness (QED) is 0.258. The fraction of sp³-hybridized carbons (Fsp3) is 0.308. The summed E-state index contributed by atoms with van der Waals surface area (Å²) in [5, 5.41) is 23.5. The number of nitrogens with zero attached hydrogens (tertiary/aromatic N) is 1. The van der Waals surface area contributed by atoms with E-state index in [-0.39, 0.29) is 36.4 Å². The second kappa shape index (κ2) is 14.9. The first kappa shape index (κ1) is 30.7. The molecule has 190 valence electrons. The Labute approximate surface area is 223 Å². The summed E-state index contributed by atoms with van der Waals surface area (Å²) in [7, 11) is 0. The Bertz CT molecular complexity index is 1060. The van der Waals surface area contributed by atoms with Crippen LogP contribution in [0.15, 0.2) is 60.8 Å². The Morgan fingerprint density at radius 2 is 1.77 bits per heavy atom. The van der Waals surface area contributed by atoms with Gasteiger partial charge in [0.2, 0.25) is 0 Å². The average Bonchev–Trinajstić information content (AvgIpc) is 2.82. The van der Waals surface area contributed by atoms with Gasteiger partial charge in [-0.2, -0.15) is 0 Å². The van der Waals surface area contributed by atoms with E-state index < -0.39 is 12.1 Å². The Morgan fingerprint density at radius 3 is 2.37 bits per heavy atom. The number of carboxylic acid groups (broad SMARTS) is 1. The molecule has 0 saturated carbocycles. The second-order valence-electron chi connectivity index (χ2n) is 8.00. The van der Waals surface area contributed by atoms with Gasteiger partial charge in [0.05, 0.1) is 12.7 Å². The standard InChI is InChI=1S/C26H29ClN2O4.2ClH/c1-3-12-33-24-14-20(8-10-22(24)26(31)32)19-6-4-18(5-7-19)13-17(2)28-16-23(30)21-9-11-25(27)29-15-21;;/h4-11,14-15,17,23,28,30H,3,12-13,16H2,1-2H3,(H,31,32);2*1H/t17-,23-;;/m1../s1. The average molecular weight is 542 g/mol. The molecule has 1 heterocycles. The zero-order valence-corrected chi connectivity index (χ0v) is 22.0. The van der Waals surface area contributed by atoms with Crippen molar-refractivity contribution >= 4 is 42.4 Å². The highest BCUT2D eigenvalue weighted by Crippen LogP contribution is 2.28. The van der Waals surface area contributed by atoms with E-state index >= 15 is 0 Å². The number of pyridine rings is 1. The molecule has 0 aliphatic heterocycles. The molecule has 6 nitrogen and oxygen atoms in total. The number of rotatable bonds is 11. The van der Waals surface area contributed by atoms with Crippen molar-refractivity contribution in [2.75, 3.05) is 13.2 Å². The molecule has 3 N–H and O–H groups in total. The van der Waals surface area contributed by atoms with E-state index in [1.54, 1.807) is 36.5 Å². The van der Waals surface area contributed by atoms with E-state index in [9.17, 15) is 15.0 Å². The van der Waals surface area contributed by atoms with Gasteiger partial charge in [-0.1, -0.05) is 54.9 Å². The maximum atomic E-state index is 11.5. The van der Waals surface area contributed by atoms with Gasteiger partial charge in [0.15, 0.2) is 0 Å². The lowest BCUT2D eigenvalue weighted by Crippen LogP contribution is -2.32. The van der Waals surface area contributed by atoms with Crippen LogP contribution in [0.1, 0.15) is 47.9 Å². The van der Waals surface area contributed by atoms with Crippen LogP contribution in [-0.2, 0) is 6.42 Å². The van der Waals surface area contributed by atoms with E-state index in [0.29, 0.717) is 24.1 Å². The molecule has 9 heteroatoms. The number of aliphatic hydroxyl groups excluding tert-OH is 1. The lowest BCUT2D eigenvalue weighted by Gasteiger charge is -2.17. The highest BCUT2D eigenvalue weighted by molar-refractivity contribution is 6.29. The number of nitrogens with one attached hydrogen (secondary N) is 1. The SMILES string of the molecule is CCCOc1cc(-c2ccc(C[C@@H](C)NC[C@@H](O)c3ccc(Cl)nc3)cc2)ccc1C(=O)O.Cl.Cl. The van der Waals surface area contributed by atoms with Gasteiger partial charge in [-0.3, -0.25) is 0 Å². The third kappa shape index (κ3) is 8.98. The van der Waals surface area contributed by atoms with E-state index in [0.717, 1.165) is 35.1 Å². The molecule has 2 aromatic carbocycles. The predicted molar refractivity (Wildman–Crippen MR) is 144 cm³/mol. The van der Waals surface area contributed by atoms with Gasteiger partial charge >= 0.3 is 5.97 Å². The second-order valence-corrected chi connectivity index (χ2v) is 8.39. The number of carbonyl (C=O) groups is 1. The van der Waals surface area contributed by atoms with Gasteiger partial charge in [-0.25, -0.2) is 9.78 Å². The minimum Gasteiger partial charge on any atom is -0.493 e. The minimum atomic E-state index is -0.998. The summed E-state index contributed by atoms with van der Waals surface area (Å²) in [6.45, 7) is 4.94. The van der Waals surface area contributed by atoms with E-state index in [4.69, 9.17) is 16.3 Å².